The van der Waals surface area contributed by atoms with Crippen LogP contribution < -0.4 is 4.90 Å². The van der Waals surface area contributed by atoms with Gasteiger partial charge in [-0.25, -0.2) is 4.39 Å². The summed E-state index contributed by atoms with van der Waals surface area (Å²) in [4.78, 5) is 12.6. The molecule has 0 unspecified atom stereocenters. The lowest BCUT2D eigenvalue weighted by Gasteiger charge is -2.29. The van der Waals surface area contributed by atoms with Crippen molar-refractivity contribution in [3.05, 3.63) is 29.6 Å². The van der Waals surface area contributed by atoms with Gasteiger partial charge in [-0.05, 0) is 43.4 Å². The number of rotatable bonds is 4. The molecular formula is C14H18FNO2. The summed E-state index contributed by atoms with van der Waals surface area (Å²) in [5, 5.41) is 8.66. The van der Waals surface area contributed by atoms with Gasteiger partial charge in [0.25, 0.3) is 0 Å². The predicted octanol–water partition coefficient (Wildman–Crippen LogP) is 2.83. The van der Waals surface area contributed by atoms with E-state index in [2.05, 4.69) is 4.90 Å². The summed E-state index contributed by atoms with van der Waals surface area (Å²) in [6, 6.07) is 4.91. The summed E-state index contributed by atoms with van der Waals surface area (Å²) in [5.74, 6) is -1.03. The zero-order valence-corrected chi connectivity index (χ0v) is 10.4. The molecule has 98 valence electrons. The van der Waals surface area contributed by atoms with Crippen LogP contribution in [0.15, 0.2) is 18.2 Å². The van der Waals surface area contributed by atoms with Crippen molar-refractivity contribution in [2.75, 3.05) is 18.0 Å². The van der Waals surface area contributed by atoms with E-state index in [4.69, 9.17) is 5.11 Å². The van der Waals surface area contributed by atoms with Crippen LogP contribution in [0.1, 0.15) is 31.2 Å². The molecule has 4 heteroatoms. The molecule has 2 rings (SSSR count). The smallest absolute Gasteiger partial charge is 0.303 e. The highest BCUT2D eigenvalue weighted by molar-refractivity contribution is 5.67. The number of carbonyl (C=O) groups is 1. The largest absolute Gasteiger partial charge is 0.481 e. The quantitative estimate of drug-likeness (QED) is 0.894. The first kappa shape index (κ1) is 12.9. The summed E-state index contributed by atoms with van der Waals surface area (Å²) in [5.41, 5.74) is 1.51. The topological polar surface area (TPSA) is 40.5 Å². The van der Waals surface area contributed by atoms with Crippen LogP contribution >= 0.6 is 0 Å². The number of hydrogen-bond acceptors (Lipinski definition) is 2. The summed E-state index contributed by atoms with van der Waals surface area (Å²) in [7, 11) is 0. The van der Waals surface area contributed by atoms with E-state index in [9.17, 15) is 9.18 Å². The number of anilines is 1. The SMILES string of the molecule is O=C(O)CCc1ccc(F)c(N2CCCCC2)c1. The van der Waals surface area contributed by atoms with E-state index < -0.39 is 5.97 Å². The molecule has 0 aliphatic carbocycles. The van der Waals surface area contributed by atoms with Gasteiger partial charge in [0.2, 0.25) is 0 Å². The average molecular weight is 251 g/mol. The minimum Gasteiger partial charge on any atom is -0.481 e. The summed E-state index contributed by atoms with van der Waals surface area (Å²) in [6.07, 6.45) is 3.94. The van der Waals surface area contributed by atoms with Gasteiger partial charge in [-0.2, -0.15) is 0 Å². The van der Waals surface area contributed by atoms with Gasteiger partial charge in [-0.1, -0.05) is 6.07 Å². The first-order chi connectivity index (χ1) is 8.66. The highest BCUT2D eigenvalue weighted by atomic mass is 19.1. The van der Waals surface area contributed by atoms with Crippen molar-refractivity contribution in [2.45, 2.75) is 32.1 Å². The van der Waals surface area contributed by atoms with Gasteiger partial charge in [-0.3, -0.25) is 4.79 Å². The van der Waals surface area contributed by atoms with Crippen molar-refractivity contribution in [2.24, 2.45) is 0 Å². The molecule has 1 aromatic rings. The van der Waals surface area contributed by atoms with E-state index >= 15 is 0 Å². The zero-order valence-electron chi connectivity index (χ0n) is 10.4. The van der Waals surface area contributed by atoms with Crippen molar-refractivity contribution in [3.63, 3.8) is 0 Å². The van der Waals surface area contributed by atoms with Crippen molar-refractivity contribution in [1.82, 2.24) is 0 Å². The molecule has 1 fully saturated rings. The second-order valence-electron chi connectivity index (χ2n) is 4.73. The van der Waals surface area contributed by atoms with Crippen LogP contribution in [0.5, 0.6) is 0 Å². The molecular weight excluding hydrogens is 233 g/mol. The summed E-state index contributed by atoms with van der Waals surface area (Å²) in [6.45, 7) is 1.78. The lowest BCUT2D eigenvalue weighted by Crippen LogP contribution is -2.30. The molecule has 0 aromatic heterocycles. The molecule has 0 saturated carbocycles. The van der Waals surface area contributed by atoms with E-state index in [0.717, 1.165) is 31.5 Å². The first-order valence-corrected chi connectivity index (χ1v) is 6.42. The fourth-order valence-corrected chi connectivity index (χ4v) is 2.34. The number of benzene rings is 1. The van der Waals surface area contributed by atoms with Crippen LogP contribution in [0.25, 0.3) is 0 Å². The second-order valence-corrected chi connectivity index (χ2v) is 4.73. The number of nitrogens with zero attached hydrogens (tertiary/aromatic N) is 1. The average Bonchev–Trinajstić information content (AvgIpc) is 2.38. The lowest BCUT2D eigenvalue weighted by molar-refractivity contribution is -0.136. The Hall–Kier alpha value is -1.58. The Morgan fingerprint density at radius 2 is 2.00 bits per heavy atom. The standard InChI is InChI=1S/C14H18FNO2/c15-12-6-4-11(5-7-14(17)18)10-13(12)16-8-2-1-3-9-16/h4,6,10H,1-3,5,7-9H2,(H,17,18). The number of piperidine rings is 1. The minimum absolute atomic E-state index is 0.0884. The zero-order chi connectivity index (χ0) is 13.0. The molecule has 3 nitrogen and oxygen atoms in total. The van der Waals surface area contributed by atoms with Gasteiger partial charge in [-0.15, -0.1) is 0 Å². The van der Waals surface area contributed by atoms with Gasteiger partial charge in [0.05, 0.1) is 5.69 Å². The van der Waals surface area contributed by atoms with Gasteiger partial charge in [0.15, 0.2) is 0 Å². The van der Waals surface area contributed by atoms with Crippen LogP contribution in [0.2, 0.25) is 0 Å². The highest BCUT2D eigenvalue weighted by Gasteiger charge is 2.15. The molecule has 0 spiro atoms. The van der Waals surface area contributed by atoms with Crippen molar-refractivity contribution in [1.29, 1.82) is 0 Å². The van der Waals surface area contributed by atoms with Gasteiger partial charge < -0.3 is 10.0 Å². The van der Waals surface area contributed by atoms with Crippen molar-refractivity contribution < 1.29 is 14.3 Å². The van der Waals surface area contributed by atoms with Crippen molar-refractivity contribution in [3.8, 4) is 0 Å². The maximum atomic E-state index is 13.8. The van der Waals surface area contributed by atoms with E-state index in [1.54, 1.807) is 12.1 Å². The molecule has 1 aliphatic heterocycles. The molecule has 18 heavy (non-hydrogen) atoms. The van der Waals surface area contributed by atoms with Gasteiger partial charge in [0.1, 0.15) is 5.82 Å². The summed E-state index contributed by atoms with van der Waals surface area (Å²) >= 11 is 0. The maximum Gasteiger partial charge on any atom is 0.303 e. The van der Waals surface area contributed by atoms with E-state index in [0.29, 0.717) is 12.1 Å². The number of aliphatic carboxylic acids is 1. The molecule has 0 amide bonds. The van der Waals surface area contributed by atoms with E-state index in [1.165, 1.54) is 12.5 Å². The Morgan fingerprint density at radius 3 is 2.67 bits per heavy atom. The number of carboxylic acids is 1. The van der Waals surface area contributed by atoms with Gasteiger partial charge in [0, 0.05) is 19.5 Å². The molecule has 0 bridgehead atoms. The second kappa shape index (κ2) is 5.85. The third-order valence-corrected chi connectivity index (χ3v) is 3.33. The van der Waals surface area contributed by atoms with Crippen LogP contribution in [-0.4, -0.2) is 24.2 Å². The lowest BCUT2D eigenvalue weighted by atomic mass is 10.1. The highest BCUT2D eigenvalue weighted by Crippen LogP contribution is 2.24. The summed E-state index contributed by atoms with van der Waals surface area (Å²) < 4.78 is 13.8. The predicted molar refractivity (Wildman–Crippen MR) is 68.4 cm³/mol. The maximum absolute atomic E-state index is 13.8. The Kier molecular flexibility index (Phi) is 4.18. The number of aryl methyl sites for hydroxylation is 1. The van der Waals surface area contributed by atoms with Crippen LogP contribution in [-0.2, 0) is 11.2 Å². The fourth-order valence-electron chi connectivity index (χ4n) is 2.34. The van der Waals surface area contributed by atoms with E-state index in [1.807, 2.05) is 0 Å². The Bertz CT molecular complexity index is 428. The van der Waals surface area contributed by atoms with Crippen LogP contribution in [0.4, 0.5) is 10.1 Å². The Labute approximate surface area is 106 Å². The number of halogens is 1. The third kappa shape index (κ3) is 3.22. The molecule has 1 N–H and O–H groups in total. The molecule has 1 heterocycles. The third-order valence-electron chi connectivity index (χ3n) is 3.33. The molecule has 1 aliphatic rings. The molecule has 1 aromatic carbocycles. The Balaban J connectivity index is 2.12. The van der Waals surface area contributed by atoms with Crippen LogP contribution in [0.3, 0.4) is 0 Å². The number of hydrogen-bond donors (Lipinski definition) is 1. The first-order valence-electron chi connectivity index (χ1n) is 6.42. The number of carboxylic acid groups (broad SMARTS) is 1. The molecule has 0 atom stereocenters. The minimum atomic E-state index is -0.821. The monoisotopic (exact) mass is 251 g/mol. The fraction of sp³-hybridized carbons (Fsp3) is 0.500. The van der Waals surface area contributed by atoms with Gasteiger partial charge >= 0.3 is 5.97 Å². The normalized spacial score (nSPS) is 15.7. The van der Waals surface area contributed by atoms with Crippen LogP contribution in [0, 0.1) is 5.82 Å². The van der Waals surface area contributed by atoms with Crippen molar-refractivity contribution >= 4 is 11.7 Å². The molecule has 1 saturated heterocycles. The van der Waals surface area contributed by atoms with E-state index in [-0.39, 0.29) is 12.2 Å². The molecule has 0 radical (unpaired) electrons. The Morgan fingerprint density at radius 1 is 1.28 bits per heavy atom.